The van der Waals surface area contributed by atoms with Gasteiger partial charge in [-0.3, -0.25) is 4.21 Å². The average Bonchev–Trinajstić information content (AvgIpc) is 2.38. The molecule has 100 valence electrons. The van der Waals surface area contributed by atoms with Crippen LogP contribution in [0.5, 0.6) is 0 Å². The third-order valence-electron chi connectivity index (χ3n) is 3.13. The topological polar surface area (TPSA) is 32.3 Å². The molecule has 2 rings (SSSR count). The summed E-state index contributed by atoms with van der Waals surface area (Å²) in [7, 11) is -0.654. The van der Waals surface area contributed by atoms with Crippen LogP contribution in [0.4, 0.5) is 5.69 Å². The second-order valence-corrected chi connectivity index (χ2v) is 6.47. The van der Waals surface area contributed by atoms with Crippen molar-refractivity contribution in [2.24, 2.45) is 0 Å². The van der Waals surface area contributed by atoms with E-state index in [1.54, 1.807) is 0 Å². The van der Waals surface area contributed by atoms with Crippen molar-refractivity contribution in [1.82, 2.24) is 5.32 Å². The molecule has 1 N–H and O–H groups in total. The average molecular weight is 287 g/mol. The third kappa shape index (κ3) is 3.25. The van der Waals surface area contributed by atoms with Crippen LogP contribution in [0.25, 0.3) is 0 Å². The van der Waals surface area contributed by atoms with E-state index in [-0.39, 0.29) is 0 Å². The molecule has 0 aromatic heterocycles. The highest BCUT2D eigenvalue weighted by Gasteiger charge is 2.19. The summed E-state index contributed by atoms with van der Waals surface area (Å²) in [6.07, 6.45) is 0. The Balaban J connectivity index is 2.21. The van der Waals surface area contributed by atoms with Crippen LogP contribution in [0.15, 0.2) is 18.2 Å². The van der Waals surface area contributed by atoms with Gasteiger partial charge in [-0.2, -0.15) is 0 Å². The molecule has 1 aliphatic heterocycles. The molecular formula is C13H19ClN2OS. The molecule has 1 aromatic carbocycles. The maximum atomic E-state index is 11.4. The smallest absolute Gasteiger partial charge is 0.0642 e. The summed E-state index contributed by atoms with van der Waals surface area (Å²) in [6, 6.07) is 6.02. The van der Waals surface area contributed by atoms with Crippen LogP contribution in [-0.4, -0.2) is 35.3 Å². The van der Waals surface area contributed by atoms with Gasteiger partial charge in [-0.15, -0.1) is 0 Å². The normalized spacial score (nSPS) is 17.1. The molecule has 0 spiro atoms. The highest BCUT2D eigenvalue weighted by atomic mass is 35.5. The number of rotatable bonds is 4. The quantitative estimate of drug-likeness (QED) is 0.919. The predicted octanol–water partition coefficient (Wildman–Crippen LogP) is 2.02. The fourth-order valence-electron chi connectivity index (χ4n) is 2.18. The van der Waals surface area contributed by atoms with E-state index in [0.29, 0.717) is 0 Å². The summed E-state index contributed by atoms with van der Waals surface area (Å²) in [5.41, 5.74) is 2.33. The van der Waals surface area contributed by atoms with Crippen molar-refractivity contribution in [3.63, 3.8) is 0 Å². The largest absolute Gasteiger partial charge is 0.368 e. The number of hydrogen-bond donors (Lipinski definition) is 1. The molecule has 1 aromatic rings. The first kappa shape index (κ1) is 13.8. The van der Waals surface area contributed by atoms with Crippen LogP contribution in [0.2, 0.25) is 5.02 Å². The van der Waals surface area contributed by atoms with Crippen molar-refractivity contribution in [2.75, 3.05) is 36.0 Å². The minimum atomic E-state index is -0.654. The van der Waals surface area contributed by atoms with Gasteiger partial charge in [0, 0.05) is 41.9 Å². The van der Waals surface area contributed by atoms with E-state index in [0.717, 1.165) is 48.4 Å². The van der Waals surface area contributed by atoms with E-state index in [1.165, 1.54) is 5.56 Å². The monoisotopic (exact) mass is 286 g/mol. The minimum absolute atomic E-state index is 0.654. The molecule has 5 heteroatoms. The fraction of sp³-hybridized carbons (Fsp3) is 0.538. The van der Waals surface area contributed by atoms with E-state index in [9.17, 15) is 4.21 Å². The van der Waals surface area contributed by atoms with Crippen LogP contribution in [0.1, 0.15) is 12.5 Å². The zero-order valence-electron chi connectivity index (χ0n) is 10.6. The van der Waals surface area contributed by atoms with Gasteiger partial charge >= 0.3 is 0 Å². The third-order valence-corrected chi connectivity index (χ3v) is 4.71. The lowest BCUT2D eigenvalue weighted by atomic mass is 10.1. The number of nitrogens with one attached hydrogen (secondary N) is 1. The van der Waals surface area contributed by atoms with Crippen LogP contribution >= 0.6 is 11.6 Å². The van der Waals surface area contributed by atoms with Gasteiger partial charge in [0.1, 0.15) is 0 Å². The van der Waals surface area contributed by atoms with Gasteiger partial charge in [0.05, 0.1) is 10.7 Å². The van der Waals surface area contributed by atoms with E-state index < -0.39 is 10.8 Å². The second kappa shape index (κ2) is 6.55. The molecule has 0 saturated carbocycles. The summed E-state index contributed by atoms with van der Waals surface area (Å²) in [5.74, 6) is 1.48. The van der Waals surface area contributed by atoms with Crippen molar-refractivity contribution in [3.8, 4) is 0 Å². The summed E-state index contributed by atoms with van der Waals surface area (Å²) in [5, 5.41) is 4.12. The first-order valence-electron chi connectivity index (χ1n) is 6.30. The van der Waals surface area contributed by atoms with Crippen molar-refractivity contribution in [3.05, 3.63) is 28.8 Å². The van der Waals surface area contributed by atoms with E-state index in [4.69, 9.17) is 11.6 Å². The van der Waals surface area contributed by atoms with E-state index in [1.807, 2.05) is 12.1 Å². The SMILES string of the molecule is CCNCc1cccc(Cl)c1N1CCS(=O)CC1. The van der Waals surface area contributed by atoms with Crippen LogP contribution < -0.4 is 10.2 Å². The highest BCUT2D eigenvalue weighted by molar-refractivity contribution is 7.85. The molecule has 1 fully saturated rings. The lowest BCUT2D eigenvalue weighted by Gasteiger charge is -2.31. The molecule has 1 aliphatic rings. The zero-order valence-corrected chi connectivity index (χ0v) is 12.2. The van der Waals surface area contributed by atoms with Gasteiger partial charge in [-0.25, -0.2) is 0 Å². The van der Waals surface area contributed by atoms with Crippen LogP contribution in [-0.2, 0) is 17.3 Å². The number of anilines is 1. The Kier molecular flexibility index (Phi) is 5.03. The zero-order chi connectivity index (χ0) is 13.0. The molecule has 18 heavy (non-hydrogen) atoms. The number of nitrogens with zero attached hydrogens (tertiary/aromatic N) is 1. The van der Waals surface area contributed by atoms with Crippen molar-refractivity contribution >= 4 is 28.1 Å². The summed E-state index contributed by atoms with van der Waals surface area (Å²) >= 11 is 6.33. The fourth-order valence-corrected chi connectivity index (χ4v) is 3.54. The Bertz CT molecular complexity index is 429. The molecule has 0 unspecified atom stereocenters. The molecule has 1 heterocycles. The first-order valence-corrected chi connectivity index (χ1v) is 8.17. The van der Waals surface area contributed by atoms with E-state index in [2.05, 4.69) is 23.2 Å². The Morgan fingerprint density at radius 1 is 1.39 bits per heavy atom. The Morgan fingerprint density at radius 3 is 2.78 bits per heavy atom. The van der Waals surface area contributed by atoms with Gasteiger partial charge in [-0.1, -0.05) is 30.7 Å². The maximum absolute atomic E-state index is 11.4. The molecule has 0 radical (unpaired) electrons. The van der Waals surface area contributed by atoms with Crippen LogP contribution in [0.3, 0.4) is 0 Å². The molecular weight excluding hydrogens is 268 g/mol. The molecule has 1 saturated heterocycles. The minimum Gasteiger partial charge on any atom is -0.368 e. The number of hydrogen-bond acceptors (Lipinski definition) is 3. The van der Waals surface area contributed by atoms with Gasteiger partial charge in [0.25, 0.3) is 0 Å². The molecule has 3 nitrogen and oxygen atoms in total. The Labute approximate surface area is 116 Å². The maximum Gasteiger partial charge on any atom is 0.0642 e. The predicted molar refractivity (Wildman–Crippen MR) is 78.9 cm³/mol. The van der Waals surface area contributed by atoms with Crippen molar-refractivity contribution in [1.29, 1.82) is 0 Å². The summed E-state index contributed by atoms with van der Waals surface area (Å²) in [6.45, 7) is 5.52. The number of benzene rings is 1. The number of para-hydroxylation sites is 1. The summed E-state index contributed by atoms with van der Waals surface area (Å²) in [4.78, 5) is 2.26. The summed E-state index contributed by atoms with van der Waals surface area (Å²) < 4.78 is 11.4. The molecule has 0 atom stereocenters. The molecule has 0 bridgehead atoms. The van der Waals surface area contributed by atoms with Crippen molar-refractivity contribution < 1.29 is 4.21 Å². The molecule has 0 amide bonds. The van der Waals surface area contributed by atoms with Gasteiger partial charge in [0.2, 0.25) is 0 Å². The Hall–Kier alpha value is -0.580. The highest BCUT2D eigenvalue weighted by Crippen LogP contribution is 2.30. The van der Waals surface area contributed by atoms with Gasteiger partial charge < -0.3 is 10.2 Å². The van der Waals surface area contributed by atoms with E-state index >= 15 is 0 Å². The van der Waals surface area contributed by atoms with Crippen molar-refractivity contribution in [2.45, 2.75) is 13.5 Å². The lowest BCUT2D eigenvalue weighted by Crippen LogP contribution is -2.38. The second-order valence-electron chi connectivity index (χ2n) is 4.36. The first-order chi connectivity index (χ1) is 8.72. The van der Waals surface area contributed by atoms with Crippen LogP contribution in [0, 0.1) is 0 Å². The molecule has 0 aliphatic carbocycles. The van der Waals surface area contributed by atoms with Gasteiger partial charge in [0.15, 0.2) is 0 Å². The lowest BCUT2D eigenvalue weighted by molar-refractivity contribution is 0.672. The Morgan fingerprint density at radius 2 is 2.11 bits per heavy atom. The van der Waals surface area contributed by atoms with Gasteiger partial charge in [-0.05, 0) is 18.2 Å². The number of halogens is 1. The standard InChI is InChI=1S/C13H19ClN2OS/c1-2-15-10-11-4-3-5-12(14)13(11)16-6-8-18(17)9-7-16/h3-5,15H,2,6-10H2,1H3.